The smallest absolute Gasteiger partial charge is 0.342 e. The van der Waals surface area contributed by atoms with Gasteiger partial charge in [-0.2, -0.15) is 0 Å². The Labute approximate surface area is 160 Å². The first-order valence-electron chi connectivity index (χ1n) is 9.02. The Morgan fingerprint density at radius 2 is 1.85 bits per heavy atom. The van der Waals surface area contributed by atoms with Crippen LogP contribution in [0.1, 0.15) is 31.4 Å². The fourth-order valence-corrected chi connectivity index (χ4v) is 3.86. The van der Waals surface area contributed by atoms with Crippen molar-refractivity contribution < 1.29 is 18.7 Å². The summed E-state index contributed by atoms with van der Waals surface area (Å²) in [4.78, 5) is 18.3. The molecule has 27 heavy (non-hydrogen) atoms. The molecule has 140 valence electrons. The highest BCUT2D eigenvalue weighted by Gasteiger charge is 2.17. The predicted molar refractivity (Wildman–Crippen MR) is 105 cm³/mol. The van der Waals surface area contributed by atoms with Crippen molar-refractivity contribution in [1.82, 2.24) is 4.98 Å². The molecule has 1 saturated heterocycles. The largest absolute Gasteiger partial charge is 0.477 e. The average Bonchev–Trinajstić information content (AvgIpc) is 3.19. The fourth-order valence-electron chi connectivity index (χ4n) is 3.13. The standard InChI is InChI=1S/C20H20N2O4S/c23-19(24)17(27-20-21-15-7-3-4-8-16(15)26-20)13-14-9-10-18(25-14)22-11-5-1-2-6-12-22/h3-4,7-10,13H,1-2,5-6,11-12H2,(H,23,24)/b17-13-. The first-order chi connectivity index (χ1) is 13.2. The van der Waals surface area contributed by atoms with Gasteiger partial charge in [-0.25, -0.2) is 9.78 Å². The Bertz CT molecular complexity index is 934. The maximum absolute atomic E-state index is 11.7. The Hall–Kier alpha value is -2.67. The Balaban J connectivity index is 1.54. The minimum atomic E-state index is -1.05. The number of oxazole rings is 1. The number of carboxylic acids is 1. The lowest BCUT2D eigenvalue weighted by molar-refractivity contribution is -0.131. The predicted octanol–water partition coefficient (Wildman–Crippen LogP) is 5.02. The molecule has 4 rings (SSSR count). The zero-order valence-corrected chi connectivity index (χ0v) is 15.6. The number of aliphatic carboxylic acids is 1. The van der Waals surface area contributed by atoms with Crippen LogP contribution < -0.4 is 4.90 Å². The van der Waals surface area contributed by atoms with Gasteiger partial charge < -0.3 is 18.8 Å². The van der Waals surface area contributed by atoms with Crippen LogP contribution in [0.15, 0.2) is 55.4 Å². The number of fused-ring (bicyclic) bond motifs is 1. The van der Waals surface area contributed by atoms with Crippen LogP contribution >= 0.6 is 11.8 Å². The molecule has 0 spiro atoms. The quantitative estimate of drug-likeness (QED) is 0.489. The van der Waals surface area contributed by atoms with E-state index in [1.165, 1.54) is 18.9 Å². The first-order valence-corrected chi connectivity index (χ1v) is 9.84. The van der Waals surface area contributed by atoms with Gasteiger partial charge in [-0.05, 0) is 42.8 Å². The number of anilines is 1. The van der Waals surface area contributed by atoms with Gasteiger partial charge in [0, 0.05) is 25.2 Å². The van der Waals surface area contributed by atoms with Crippen LogP contribution in [0.5, 0.6) is 0 Å². The van der Waals surface area contributed by atoms with Crippen LogP contribution in [0, 0.1) is 0 Å². The van der Waals surface area contributed by atoms with E-state index in [0.717, 1.165) is 43.6 Å². The number of nitrogens with zero attached hydrogens (tertiary/aromatic N) is 2. The fraction of sp³-hybridized carbons (Fsp3) is 0.300. The summed E-state index contributed by atoms with van der Waals surface area (Å²) in [6.45, 7) is 1.94. The SMILES string of the molecule is O=C(O)/C(=C/c1ccc(N2CCCCCC2)o1)Sc1nc2ccccc2o1. The van der Waals surface area contributed by atoms with Crippen molar-refractivity contribution in [2.24, 2.45) is 0 Å². The molecule has 6 nitrogen and oxygen atoms in total. The van der Waals surface area contributed by atoms with Crippen molar-refractivity contribution in [1.29, 1.82) is 0 Å². The van der Waals surface area contributed by atoms with E-state index in [-0.39, 0.29) is 4.91 Å². The summed E-state index contributed by atoms with van der Waals surface area (Å²) in [7, 11) is 0. The second-order valence-electron chi connectivity index (χ2n) is 6.44. The number of furan rings is 1. The Kier molecular flexibility index (Phi) is 5.20. The summed E-state index contributed by atoms with van der Waals surface area (Å²) in [5, 5.41) is 9.85. The third-order valence-corrected chi connectivity index (χ3v) is 5.35. The van der Waals surface area contributed by atoms with Gasteiger partial charge in [-0.1, -0.05) is 25.0 Å². The molecule has 2 aromatic heterocycles. The van der Waals surface area contributed by atoms with E-state index in [1.54, 1.807) is 12.1 Å². The van der Waals surface area contributed by atoms with Crippen molar-refractivity contribution in [3.63, 3.8) is 0 Å². The van der Waals surface area contributed by atoms with Crippen molar-refractivity contribution in [2.75, 3.05) is 18.0 Å². The van der Waals surface area contributed by atoms with Crippen molar-refractivity contribution >= 4 is 40.8 Å². The van der Waals surface area contributed by atoms with E-state index in [2.05, 4.69) is 9.88 Å². The number of hydrogen-bond donors (Lipinski definition) is 1. The highest BCUT2D eigenvalue weighted by atomic mass is 32.2. The van der Waals surface area contributed by atoms with Gasteiger partial charge in [0.25, 0.3) is 5.22 Å². The molecule has 1 aliphatic heterocycles. The number of aromatic nitrogens is 1. The third-order valence-electron chi connectivity index (χ3n) is 4.49. The van der Waals surface area contributed by atoms with Crippen LogP contribution in [-0.2, 0) is 4.79 Å². The number of benzene rings is 1. The normalized spacial score (nSPS) is 15.9. The summed E-state index contributed by atoms with van der Waals surface area (Å²) >= 11 is 0.976. The van der Waals surface area contributed by atoms with Crippen LogP contribution in [0.2, 0.25) is 0 Å². The Morgan fingerprint density at radius 1 is 1.07 bits per heavy atom. The van der Waals surface area contributed by atoms with Gasteiger partial charge in [0.15, 0.2) is 11.5 Å². The molecule has 3 aromatic rings. The minimum absolute atomic E-state index is 0.0957. The van der Waals surface area contributed by atoms with Crippen molar-refractivity contribution in [3.8, 4) is 0 Å². The molecule has 0 aliphatic carbocycles. The molecule has 1 aliphatic rings. The maximum atomic E-state index is 11.7. The summed E-state index contributed by atoms with van der Waals surface area (Å²) in [6.07, 6.45) is 6.31. The van der Waals surface area contributed by atoms with E-state index >= 15 is 0 Å². The number of rotatable bonds is 5. The van der Waals surface area contributed by atoms with Crippen LogP contribution in [-0.4, -0.2) is 29.1 Å². The molecule has 0 saturated carbocycles. The molecular weight excluding hydrogens is 364 g/mol. The molecule has 1 aromatic carbocycles. The van der Waals surface area contributed by atoms with Crippen molar-refractivity contribution in [2.45, 2.75) is 30.9 Å². The van der Waals surface area contributed by atoms with Gasteiger partial charge in [-0.15, -0.1) is 0 Å². The highest BCUT2D eigenvalue weighted by molar-refractivity contribution is 8.03. The lowest BCUT2D eigenvalue weighted by Crippen LogP contribution is -2.23. The summed E-state index contributed by atoms with van der Waals surface area (Å²) in [6, 6.07) is 11.0. The van der Waals surface area contributed by atoms with E-state index in [4.69, 9.17) is 8.83 Å². The van der Waals surface area contributed by atoms with E-state index in [1.807, 2.05) is 24.3 Å². The molecule has 7 heteroatoms. The van der Waals surface area contributed by atoms with E-state index < -0.39 is 5.97 Å². The molecule has 3 heterocycles. The second kappa shape index (κ2) is 7.92. The summed E-state index contributed by atoms with van der Waals surface area (Å²) < 4.78 is 11.5. The zero-order valence-electron chi connectivity index (χ0n) is 14.8. The van der Waals surface area contributed by atoms with Crippen LogP contribution in [0.4, 0.5) is 5.88 Å². The molecule has 0 unspecified atom stereocenters. The second-order valence-corrected chi connectivity index (χ2v) is 7.43. The van der Waals surface area contributed by atoms with Crippen LogP contribution in [0.25, 0.3) is 17.2 Å². The minimum Gasteiger partial charge on any atom is -0.477 e. The van der Waals surface area contributed by atoms with Gasteiger partial charge in [0.05, 0.1) is 0 Å². The van der Waals surface area contributed by atoms with Gasteiger partial charge in [-0.3, -0.25) is 0 Å². The third kappa shape index (κ3) is 4.19. The molecular formula is C20H20N2O4S. The zero-order chi connectivity index (χ0) is 18.6. The maximum Gasteiger partial charge on any atom is 0.342 e. The van der Waals surface area contributed by atoms with Crippen molar-refractivity contribution in [3.05, 3.63) is 47.1 Å². The van der Waals surface area contributed by atoms with Crippen LogP contribution in [0.3, 0.4) is 0 Å². The number of hydrogen-bond acceptors (Lipinski definition) is 6. The molecule has 0 radical (unpaired) electrons. The highest BCUT2D eigenvalue weighted by Crippen LogP contribution is 2.31. The van der Waals surface area contributed by atoms with E-state index in [0.29, 0.717) is 22.1 Å². The Morgan fingerprint density at radius 3 is 2.59 bits per heavy atom. The first kappa shape index (κ1) is 17.7. The molecule has 0 bridgehead atoms. The lowest BCUT2D eigenvalue weighted by Gasteiger charge is -2.18. The molecule has 0 atom stereocenters. The number of carboxylic acid groups (broad SMARTS) is 1. The summed E-state index contributed by atoms with van der Waals surface area (Å²) in [5.74, 6) is 0.255. The monoisotopic (exact) mass is 384 g/mol. The average molecular weight is 384 g/mol. The van der Waals surface area contributed by atoms with Gasteiger partial charge in [0.2, 0.25) is 0 Å². The number of thioether (sulfide) groups is 1. The lowest BCUT2D eigenvalue weighted by atomic mass is 10.2. The number of carbonyl (C=O) groups is 1. The molecule has 1 fully saturated rings. The van der Waals surface area contributed by atoms with Gasteiger partial charge in [0.1, 0.15) is 16.2 Å². The summed E-state index contributed by atoms with van der Waals surface area (Å²) in [5.41, 5.74) is 1.33. The van der Waals surface area contributed by atoms with E-state index in [9.17, 15) is 9.90 Å². The molecule has 0 amide bonds. The van der Waals surface area contributed by atoms with Gasteiger partial charge >= 0.3 is 5.97 Å². The topological polar surface area (TPSA) is 79.7 Å². The number of para-hydroxylation sites is 2. The molecule has 1 N–H and O–H groups in total.